The number of hydrogen-bond acceptors (Lipinski definition) is 4. The minimum absolute atomic E-state index is 0.123. The van der Waals surface area contributed by atoms with Crippen molar-refractivity contribution in [2.45, 2.75) is 26.8 Å². The Morgan fingerprint density at radius 2 is 1.92 bits per heavy atom. The van der Waals surface area contributed by atoms with E-state index in [0.29, 0.717) is 25.2 Å². The topological polar surface area (TPSA) is 78.4 Å². The lowest BCUT2D eigenvalue weighted by molar-refractivity contribution is 0.0954. The second-order valence-corrected chi connectivity index (χ2v) is 6.59. The van der Waals surface area contributed by atoms with Crippen LogP contribution in [0.3, 0.4) is 0 Å². The maximum absolute atomic E-state index is 11.9. The van der Waals surface area contributed by atoms with Gasteiger partial charge in [-0.15, -0.1) is 11.3 Å². The lowest BCUT2D eigenvalue weighted by atomic mass is 10.3. The van der Waals surface area contributed by atoms with Crippen LogP contribution >= 0.6 is 11.3 Å². The van der Waals surface area contributed by atoms with E-state index in [9.17, 15) is 4.79 Å². The van der Waals surface area contributed by atoms with Crippen molar-refractivity contribution in [1.82, 2.24) is 20.9 Å². The van der Waals surface area contributed by atoms with Crippen LogP contribution in [0.4, 0.5) is 0 Å². The van der Waals surface area contributed by atoms with E-state index in [-0.39, 0.29) is 5.91 Å². The number of amides is 1. The fraction of sp³-hybridized carbons (Fsp3) is 0.389. The van der Waals surface area contributed by atoms with E-state index in [1.165, 1.54) is 9.75 Å². The van der Waals surface area contributed by atoms with Gasteiger partial charge in [0.2, 0.25) is 0 Å². The Morgan fingerprint density at radius 3 is 2.60 bits per heavy atom. The summed E-state index contributed by atoms with van der Waals surface area (Å²) < 4.78 is 0. The maximum atomic E-state index is 11.9. The van der Waals surface area contributed by atoms with Crippen molar-refractivity contribution in [2.24, 2.45) is 4.99 Å². The SMILES string of the molecule is CCNC(=NCc1ccc(CC)s1)NCCNC(=O)c1cccnc1. The summed E-state index contributed by atoms with van der Waals surface area (Å²) in [6.45, 7) is 6.74. The van der Waals surface area contributed by atoms with E-state index in [2.05, 4.69) is 45.0 Å². The molecule has 2 aromatic rings. The molecule has 2 heterocycles. The summed E-state index contributed by atoms with van der Waals surface area (Å²) in [7, 11) is 0. The van der Waals surface area contributed by atoms with Crippen LogP contribution in [0.5, 0.6) is 0 Å². The van der Waals surface area contributed by atoms with E-state index >= 15 is 0 Å². The monoisotopic (exact) mass is 359 g/mol. The highest BCUT2D eigenvalue weighted by Crippen LogP contribution is 2.17. The summed E-state index contributed by atoms with van der Waals surface area (Å²) in [5.74, 6) is 0.632. The quantitative estimate of drug-likeness (QED) is 0.384. The molecule has 0 fully saturated rings. The predicted octanol–water partition coefficient (Wildman–Crippen LogP) is 2.19. The first kappa shape index (κ1) is 18.9. The first-order valence-electron chi connectivity index (χ1n) is 8.51. The molecular weight excluding hydrogens is 334 g/mol. The molecule has 6 nitrogen and oxygen atoms in total. The first-order valence-corrected chi connectivity index (χ1v) is 9.32. The number of carbonyl (C=O) groups is 1. The van der Waals surface area contributed by atoms with Crippen molar-refractivity contribution in [3.8, 4) is 0 Å². The Morgan fingerprint density at radius 1 is 1.12 bits per heavy atom. The number of aliphatic imine (C=N–C) groups is 1. The zero-order valence-electron chi connectivity index (χ0n) is 14.7. The van der Waals surface area contributed by atoms with Crippen LogP contribution in [0.25, 0.3) is 0 Å². The molecule has 0 radical (unpaired) electrons. The molecule has 0 spiro atoms. The Bertz CT molecular complexity index is 684. The zero-order chi connectivity index (χ0) is 17.9. The third-order valence-corrected chi connectivity index (χ3v) is 4.64. The number of aromatic nitrogens is 1. The summed E-state index contributed by atoms with van der Waals surface area (Å²) in [6.07, 6.45) is 4.26. The van der Waals surface area contributed by atoms with Crippen LogP contribution in [-0.2, 0) is 13.0 Å². The molecule has 0 saturated carbocycles. The van der Waals surface area contributed by atoms with Gasteiger partial charge >= 0.3 is 0 Å². The number of pyridine rings is 1. The minimum atomic E-state index is -0.123. The van der Waals surface area contributed by atoms with Crippen molar-refractivity contribution < 1.29 is 4.79 Å². The van der Waals surface area contributed by atoms with Crippen LogP contribution < -0.4 is 16.0 Å². The Labute approximate surface area is 152 Å². The predicted molar refractivity (Wildman–Crippen MR) is 103 cm³/mol. The fourth-order valence-electron chi connectivity index (χ4n) is 2.15. The number of nitrogens with one attached hydrogen (secondary N) is 3. The van der Waals surface area contributed by atoms with Gasteiger partial charge in [-0.3, -0.25) is 9.78 Å². The van der Waals surface area contributed by atoms with Gasteiger partial charge in [0.1, 0.15) is 0 Å². The Balaban J connectivity index is 1.76. The molecule has 0 bridgehead atoms. The third-order valence-electron chi connectivity index (χ3n) is 3.43. The van der Waals surface area contributed by atoms with Crippen LogP contribution in [0.15, 0.2) is 41.7 Å². The molecule has 0 saturated heterocycles. The summed E-state index contributed by atoms with van der Waals surface area (Å²) in [5, 5.41) is 9.30. The molecule has 25 heavy (non-hydrogen) atoms. The smallest absolute Gasteiger partial charge is 0.252 e. The lowest BCUT2D eigenvalue weighted by Gasteiger charge is -2.11. The van der Waals surface area contributed by atoms with E-state index < -0.39 is 0 Å². The van der Waals surface area contributed by atoms with Crippen molar-refractivity contribution >= 4 is 23.2 Å². The maximum Gasteiger partial charge on any atom is 0.252 e. The molecule has 2 aromatic heterocycles. The van der Waals surface area contributed by atoms with Gasteiger partial charge < -0.3 is 16.0 Å². The van der Waals surface area contributed by atoms with Crippen LogP contribution in [0.2, 0.25) is 0 Å². The zero-order valence-corrected chi connectivity index (χ0v) is 15.5. The highest BCUT2D eigenvalue weighted by atomic mass is 32.1. The molecule has 0 atom stereocenters. The van der Waals surface area contributed by atoms with Gasteiger partial charge in [0.15, 0.2) is 5.96 Å². The number of aryl methyl sites for hydroxylation is 1. The summed E-state index contributed by atoms with van der Waals surface area (Å²) in [4.78, 5) is 23.1. The normalized spacial score (nSPS) is 11.2. The summed E-state index contributed by atoms with van der Waals surface area (Å²) in [6, 6.07) is 7.78. The number of guanidine groups is 1. The average Bonchev–Trinajstić information content (AvgIpc) is 3.11. The minimum Gasteiger partial charge on any atom is -0.357 e. The molecule has 134 valence electrons. The molecule has 7 heteroatoms. The van der Waals surface area contributed by atoms with Crippen molar-refractivity contribution in [2.75, 3.05) is 19.6 Å². The van der Waals surface area contributed by atoms with E-state index in [4.69, 9.17) is 0 Å². The highest BCUT2D eigenvalue weighted by molar-refractivity contribution is 7.11. The van der Waals surface area contributed by atoms with Crippen LogP contribution in [-0.4, -0.2) is 36.5 Å². The van der Waals surface area contributed by atoms with Crippen LogP contribution in [0, 0.1) is 0 Å². The summed E-state index contributed by atoms with van der Waals surface area (Å²) >= 11 is 1.80. The van der Waals surface area contributed by atoms with Gasteiger partial charge in [0.25, 0.3) is 5.91 Å². The van der Waals surface area contributed by atoms with Gasteiger partial charge in [0, 0.05) is 41.8 Å². The van der Waals surface area contributed by atoms with E-state index in [1.54, 1.807) is 35.9 Å². The van der Waals surface area contributed by atoms with Gasteiger partial charge in [-0.1, -0.05) is 6.92 Å². The van der Waals surface area contributed by atoms with Gasteiger partial charge in [-0.2, -0.15) is 0 Å². The molecule has 0 aliphatic heterocycles. The molecule has 0 aliphatic carbocycles. The Hall–Kier alpha value is -2.41. The Kier molecular flexibility index (Phi) is 7.91. The molecule has 3 N–H and O–H groups in total. The molecule has 0 aliphatic rings. The summed E-state index contributed by atoms with van der Waals surface area (Å²) in [5.41, 5.74) is 0.562. The van der Waals surface area contributed by atoms with Crippen molar-refractivity contribution in [3.05, 3.63) is 52.0 Å². The lowest BCUT2D eigenvalue weighted by Crippen LogP contribution is -2.41. The number of thiophene rings is 1. The number of nitrogens with zero attached hydrogens (tertiary/aromatic N) is 2. The number of hydrogen-bond donors (Lipinski definition) is 3. The molecule has 0 unspecified atom stereocenters. The molecule has 1 amide bonds. The first-order chi connectivity index (χ1) is 12.2. The molecule has 2 rings (SSSR count). The van der Waals surface area contributed by atoms with Crippen molar-refractivity contribution in [1.29, 1.82) is 0 Å². The number of rotatable bonds is 8. The van der Waals surface area contributed by atoms with E-state index in [0.717, 1.165) is 18.9 Å². The molecule has 0 aromatic carbocycles. The second-order valence-electron chi connectivity index (χ2n) is 5.34. The second kappa shape index (κ2) is 10.5. The fourth-order valence-corrected chi connectivity index (χ4v) is 3.03. The molecular formula is C18H25N5OS. The standard InChI is InChI=1S/C18H25N5OS/c1-3-15-7-8-16(25-15)13-23-18(20-4-2)22-11-10-21-17(24)14-6-5-9-19-12-14/h5-9,12H,3-4,10-11,13H2,1-2H3,(H,21,24)(H2,20,22,23). The number of carbonyl (C=O) groups excluding carboxylic acids is 1. The van der Waals surface area contributed by atoms with Crippen LogP contribution in [0.1, 0.15) is 34.0 Å². The largest absolute Gasteiger partial charge is 0.357 e. The third kappa shape index (κ3) is 6.54. The van der Waals surface area contributed by atoms with E-state index in [1.807, 2.05) is 6.92 Å². The van der Waals surface area contributed by atoms with Gasteiger partial charge in [0.05, 0.1) is 12.1 Å². The van der Waals surface area contributed by atoms with Gasteiger partial charge in [-0.25, -0.2) is 4.99 Å². The highest BCUT2D eigenvalue weighted by Gasteiger charge is 2.04. The average molecular weight is 359 g/mol. The van der Waals surface area contributed by atoms with Gasteiger partial charge in [-0.05, 0) is 37.6 Å². The van der Waals surface area contributed by atoms with Crippen molar-refractivity contribution in [3.63, 3.8) is 0 Å².